The fourth-order valence-electron chi connectivity index (χ4n) is 3.37. The highest BCUT2D eigenvalue weighted by atomic mass is 16.5. The summed E-state index contributed by atoms with van der Waals surface area (Å²) in [4.78, 5) is 12.7. The minimum absolute atomic E-state index is 0.151. The van der Waals surface area contributed by atoms with Crippen LogP contribution < -0.4 is 19.5 Å². The van der Waals surface area contributed by atoms with E-state index < -0.39 is 0 Å². The Kier molecular flexibility index (Phi) is 7.19. The van der Waals surface area contributed by atoms with Crippen LogP contribution in [0.2, 0.25) is 0 Å². The normalized spacial score (nSPS) is 10.5. The number of carbonyl (C=O) groups is 1. The Morgan fingerprint density at radius 2 is 1.61 bits per heavy atom. The molecule has 1 N–H and O–H groups in total. The molecule has 0 fully saturated rings. The van der Waals surface area contributed by atoms with Gasteiger partial charge in [0.1, 0.15) is 23.9 Å². The second kappa shape index (κ2) is 10.0. The molecule has 3 rings (SSSR count). The Hall–Kier alpha value is -3.47. The van der Waals surface area contributed by atoms with Crippen molar-refractivity contribution in [2.75, 3.05) is 14.2 Å². The van der Waals surface area contributed by atoms with Crippen LogP contribution in [0.1, 0.15) is 38.2 Å². The van der Waals surface area contributed by atoms with Crippen molar-refractivity contribution in [3.8, 4) is 17.2 Å². The third-order valence-corrected chi connectivity index (χ3v) is 5.30. The lowest BCUT2D eigenvalue weighted by Crippen LogP contribution is -2.23. The molecular formula is C26H29NO4. The zero-order valence-electron chi connectivity index (χ0n) is 18.7. The predicted molar refractivity (Wildman–Crippen MR) is 122 cm³/mol. The van der Waals surface area contributed by atoms with Gasteiger partial charge in [0.2, 0.25) is 0 Å². The first kappa shape index (κ1) is 22.2. The lowest BCUT2D eigenvalue weighted by molar-refractivity contribution is 0.0950. The van der Waals surface area contributed by atoms with Crippen molar-refractivity contribution >= 4 is 5.91 Å². The Morgan fingerprint density at radius 1 is 0.871 bits per heavy atom. The summed E-state index contributed by atoms with van der Waals surface area (Å²) in [6.45, 7) is 6.91. The second-order valence-electron chi connectivity index (χ2n) is 7.55. The third-order valence-electron chi connectivity index (χ3n) is 5.30. The third kappa shape index (κ3) is 5.57. The van der Waals surface area contributed by atoms with Crippen LogP contribution in [0, 0.1) is 20.8 Å². The average Bonchev–Trinajstić information content (AvgIpc) is 2.78. The standard InChI is InChI=1S/C26H29NO4/c1-17-12-18(2)19(3)25(13-17)31-16-22-14-21(8-11-24(22)30-5)26(28)27-15-20-6-9-23(29-4)10-7-20/h6-14H,15-16H2,1-5H3,(H,27,28). The molecule has 1 amide bonds. The highest BCUT2D eigenvalue weighted by molar-refractivity contribution is 5.94. The molecule has 5 heteroatoms. The van der Waals surface area contributed by atoms with E-state index in [1.165, 1.54) is 5.56 Å². The van der Waals surface area contributed by atoms with Gasteiger partial charge in [-0.25, -0.2) is 0 Å². The monoisotopic (exact) mass is 419 g/mol. The van der Waals surface area contributed by atoms with Crippen molar-refractivity contribution in [3.63, 3.8) is 0 Å². The Morgan fingerprint density at radius 3 is 2.29 bits per heavy atom. The maximum atomic E-state index is 12.7. The van der Waals surface area contributed by atoms with Gasteiger partial charge in [-0.3, -0.25) is 4.79 Å². The molecule has 0 heterocycles. The molecule has 0 aliphatic heterocycles. The molecule has 0 aliphatic rings. The van der Waals surface area contributed by atoms with Gasteiger partial charge < -0.3 is 19.5 Å². The molecule has 0 aromatic heterocycles. The highest BCUT2D eigenvalue weighted by Crippen LogP contribution is 2.27. The molecule has 0 aliphatic carbocycles. The number of hydrogen-bond acceptors (Lipinski definition) is 4. The lowest BCUT2D eigenvalue weighted by Gasteiger charge is -2.15. The number of amides is 1. The topological polar surface area (TPSA) is 56.8 Å². The van der Waals surface area contributed by atoms with E-state index in [2.05, 4.69) is 18.3 Å². The average molecular weight is 420 g/mol. The molecule has 5 nitrogen and oxygen atoms in total. The fourth-order valence-corrected chi connectivity index (χ4v) is 3.37. The predicted octanol–water partition coefficient (Wildman–Crippen LogP) is 5.14. The lowest BCUT2D eigenvalue weighted by atomic mass is 10.1. The summed E-state index contributed by atoms with van der Waals surface area (Å²) in [7, 11) is 3.24. The van der Waals surface area contributed by atoms with Gasteiger partial charge in [-0.05, 0) is 79.4 Å². The van der Waals surface area contributed by atoms with Crippen molar-refractivity contribution < 1.29 is 19.0 Å². The van der Waals surface area contributed by atoms with Crippen molar-refractivity contribution in [1.82, 2.24) is 5.32 Å². The van der Waals surface area contributed by atoms with Gasteiger partial charge >= 0.3 is 0 Å². The SMILES string of the molecule is COc1ccc(CNC(=O)c2ccc(OC)c(COc3cc(C)cc(C)c3C)c2)cc1. The van der Waals surface area contributed by atoms with Crippen molar-refractivity contribution in [2.24, 2.45) is 0 Å². The first-order valence-corrected chi connectivity index (χ1v) is 10.2. The van der Waals surface area contributed by atoms with Gasteiger partial charge in [0, 0.05) is 17.7 Å². The summed E-state index contributed by atoms with van der Waals surface area (Å²) in [5.74, 6) is 2.17. The van der Waals surface area contributed by atoms with Crippen LogP contribution in [0.4, 0.5) is 0 Å². The maximum absolute atomic E-state index is 12.7. The van der Waals surface area contributed by atoms with Crippen LogP contribution in [0.15, 0.2) is 54.6 Å². The number of carbonyl (C=O) groups excluding carboxylic acids is 1. The van der Waals surface area contributed by atoms with Gasteiger partial charge in [0.25, 0.3) is 5.91 Å². The summed E-state index contributed by atoms with van der Waals surface area (Å²) < 4.78 is 16.7. The van der Waals surface area contributed by atoms with Crippen molar-refractivity contribution in [1.29, 1.82) is 0 Å². The van der Waals surface area contributed by atoms with E-state index in [-0.39, 0.29) is 5.91 Å². The van der Waals surface area contributed by atoms with E-state index in [1.807, 2.05) is 50.2 Å². The Balaban J connectivity index is 1.71. The van der Waals surface area contributed by atoms with Crippen LogP contribution in [0.3, 0.4) is 0 Å². The van der Waals surface area contributed by atoms with Gasteiger partial charge in [-0.1, -0.05) is 18.2 Å². The zero-order chi connectivity index (χ0) is 22.4. The van der Waals surface area contributed by atoms with Gasteiger partial charge in [-0.2, -0.15) is 0 Å². The number of benzene rings is 3. The van der Waals surface area contributed by atoms with Gasteiger partial charge in [-0.15, -0.1) is 0 Å². The summed E-state index contributed by atoms with van der Waals surface area (Å²) in [6, 6.07) is 17.1. The summed E-state index contributed by atoms with van der Waals surface area (Å²) in [5.41, 5.74) is 5.82. The van der Waals surface area contributed by atoms with Crippen molar-refractivity contribution in [2.45, 2.75) is 33.9 Å². The number of aryl methyl sites for hydroxylation is 2. The molecule has 31 heavy (non-hydrogen) atoms. The molecular weight excluding hydrogens is 390 g/mol. The maximum Gasteiger partial charge on any atom is 0.251 e. The number of rotatable bonds is 8. The molecule has 3 aromatic rings. The fraction of sp³-hybridized carbons (Fsp3) is 0.269. The van der Waals surface area contributed by atoms with E-state index in [0.29, 0.717) is 24.5 Å². The first-order valence-electron chi connectivity index (χ1n) is 10.2. The number of ether oxygens (including phenoxy) is 3. The summed E-state index contributed by atoms with van der Waals surface area (Å²) in [5, 5.41) is 2.95. The molecule has 0 radical (unpaired) electrons. The molecule has 0 atom stereocenters. The van der Waals surface area contributed by atoms with Crippen LogP contribution >= 0.6 is 0 Å². The first-order chi connectivity index (χ1) is 14.9. The molecule has 0 bridgehead atoms. The number of hydrogen-bond donors (Lipinski definition) is 1. The van der Waals surface area contributed by atoms with E-state index in [4.69, 9.17) is 14.2 Å². The highest BCUT2D eigenvalue weighted by Gasteiger charge is 2.12. The largest absolute Gasteiger partial charge is 0.497 e. The van der Waals surface area contributed by atoms with Crippen LogP contribution in [0.25, 0.3) is 0 Å². The van der Waals surface area contributed by atoms with Crippen LogP contribution in [0.5, 0.6) is 17.2 Å². The molecule has 0 saturated heterocycles. The van der Waals surface area contributed by atoms with Crippen LogP contribution in [-0.4, -0.2) is 20.1 Å². The summed E-state index contributed by atoms with van der Waals surface area (Å²) >= 11 is 0. The molecule has 0 spiro atoms. The minimum atomic E-state index is -0.151. The molecule has 162 valence electrons. The van der Waals surface area contributed by atoms with E-state index in [0.717, 1.165) is 33.8 Å². The molecule has 0 unspecified atom stereocenters. The Bertz CT molecular complexity index is 1060. The number of nitrogens with one attached hydrogen (secondary N) is 1. The summed E-state index contributed by atoms with van der Waals surface area (Å²) in [6.07, 6.45) is 0. The smallest absolute Gasteiger partial charge is 0.251 e. The molecule has 0 saturated carbocycles. The zero-order valence-corrected chi connectivity index (χ0v) is 18.7. The van der Waals surface area contributed by atoms with E-state index in [1.54, 1.807) is 26.4 Å². The van der Waals surface area contributed by atoms with E-state index >= 15 is 0 Å². The quantitative estimate of drug-likeness (QED) is 0.549. The second-order valence-corrected chi connectivity index (χ2v) is 7.55. The number of methoxy groups -OCH3 is 2. The van der Waals surface area contributed by atoms with Gasteiger partial charge in [0.05, 0.1) is 14.2 Å². The molecule has 3 aromatic carbocycles. The van der Waals surface area contributed by atoms with E-state index in [9.17, 15) is 4.79 Å². The Labute approximate surface area is 184 Å². The van der Waals surface area contributed by atoms with Crippen LogP contribution in [-0.2, 0) is 13.2 Å². The van der Waals surface area contributed by atoms with Gasteiger partial charge in [0.15, 0.2) is 0 Å². The minimum Gasteiger partial charge on any atom is -0.497 e. The van der Waals surface area contributed by atoms with Crippen molar-refractivity contribution in [3.05, 3.63) is 88.0 Å².